The van der Waals surface area contributed by atoms with E-state index in [0.717, 1.165) is 44.1 Å². The van der Waals surface area contributed by atoms with Crippen molar-refractivity contribution >= 4 is 68.1 Å². The zero-order chi connectivity index (χ0) is 53.6. The third kappa shape index (κ3) is 11.1. The number of halogens is 1. The molecule has 0 saturated heterocycles. The summed E-state index contributed by atoms with van der Waals surface area (Å²) in [5.41, 5.74) is 7.87. The normalized spacial score (nSPS) is 13.6. The molecule has 20 heteroatoms. The molecule has 1 aliphatic rings. The number of benzene rings is 2. The molecule has 0 fully saturated rings. The number of hydrogen-bond donors (Lipinski definition) is 0. The van der Waals surface area contributed by atoms with Crippen LogP contribution in [0.15, 0.2) is 87.5 Å². The maximum atomic E-state index is 14.4. The summed E-state index contributed by atoms with van der Waals surface area (Å²) in [5.74, 6) is 1.89. The number of aliphatic imine (C=N–C) groups is 1. The van der Waals surface area contributed by atoms with Crippen molar-refractivity contribution in [3.63, 3.8) is 0 Å². The Hall–Kier alpha value is -7.16. The van der Waals surface area contributed by atoms with E-state index in [0.29, 0.717) is 113 Å². The van der Waals surface area contributed by atoms with Crippen LogP contribution in [0.25, 0.3) is 38.1 Å². The highest BCUT2D eigenvalue weighted by molar-refractivity contribution is 7.17. The van der Waals surface area contributed by atoms with Crippen LogP contribution in [0.3, 0.4) is 0 Å². The standard InChI is InChI=1S/C56H59ClN8O10S/c1-32-31-75-35(4)49(32)41-26-43-40(27-47(41)70-6)52-45(29-59-43)63(56(69)64(52)34(3)42-13-8-9-19-58-42)30-39(66)12-10-20-72-22-24-74-25-23-73-21-11-14-46(67)53-33(2)50-51(37-15-17-38(57)18-16-37)60-44(28-48(68)71-7)54-62-61-36(5)65(54)55(50)76-53/h8-9,13,15-19,26-27,29,31,34,44H,10-12,14,20-25,28,30H2,1-7H3. The van der Waals surface area contributed by atoms with Gasteiger partial charge < -0.3 is 28.1 Å². The van der Waals surface area contributed by atoms with Crippen LogP contribution in [0.4, 0.5) is 0 Å². The Bertz CT molecular complexity index is 3500. The van der Waals surface area contributed by atoms with Crippen LogP contribution >= 0.6 is 22.9 Å². The van der Waals surface area contributed by atoms with E-state index >= 15 is 0 Å². The summed E-state index contributed by atoms with van der Waals surface area (Å²) >= 11 is 7.61. The number of rotatable bonds is 24. The molecule has 2 atom stereocenters. The van der Waals surface area contributed by atoms with Crippen LogP contribution in [-0.2, 0) is 35.1 Å². The third-order valence-corrected chi connectivity index (χ3v) is 15.1. The van der Waals surface area contributed by atoms with E-state index in [2.05, 4.69) is 15.2 Å². The number of ether oxygens (including phenoxy) is 5. The predicted molar refractivity (Wildman–Crippen MR) is 289 cm³/mol. The largest absolute Gasteiger partial charge is 0.496 e. The number of aryl methyl sites for hydroxylation is 3. The number of Topliss-reactive ketones (excluding diaryl/α,β-unsaturated/α-hetero) is 2. The predicted octanol–water partition coefficient (Wildman–Crippen LogP) is 9.67. The lowest BCUT2D eigenvalue weighted by atomic mass is 9.98. The molecule has 6 aromatic heterocycles. The third-order valence-electron chi connectivity index (χ3n) is 13.5. The van der Waals surface area contributed by atoms with E-state index in [9.17, 15) is 19.2 Å². The highest BCUT2D eigenvalue weighted by atomic mass is 35.5. The average Bonchev–Trinajstić information content (AvgIpc) is 4.15. The lowest BCUT2D eigenvalue weighted by Gasteiger charge is -2.15. The number of hydrogen-bond acceptors (Lipinski definition) is 16. The van der Waals surface area contributed by atoms with E-state index in [-0.39, 0.29) is 43.1 Å². The number of aromatic nitrogens is 7. The summed E-state index contributed by atoms with van der Waals surface area (Å²) in [6, 6.07) is 15.6. The Morgan fingerprint density at radius 2 is 1.59 bits per heavy atom. The molecule has 2 aromatic carbocycles. The molecule has 7 heterocycles. The first-order valence-corrected chi connectivity index (χ1v) is 26.3. The van der Waals surface area contributed by atoms with Crippen molar-refractivity contribution in [1.82, 2.24) is 33.9 Å². The summed E-state index contributed by atoms with van der Waals surface area (Å²) in [5, 5.41) is 10.8. The minimum absolute atomic E-state index is 0.0190. The fraction of sp³-hybridized carbons (Fsp3) is 0.375. The number of imidazole rings is 1. The number of carbonyl (C=O) groups is 3. The lowest BCUT2D eigenvalue weighted by Crippen LogP contribution is -2.29. The zero-order valence-electron chi connectivity index (χ0n) is 43.5. The number of fused-ring (bicyclic) bond motifs is 6. The quantitative estimate of drug-likeness (QED) is 0.0314. The van der Waals surface area contributed by atoms with Gasteiger partial charge in [0.2, 0.25) is 0 Å². The number of esters is 1. The molecule has 8 aromatic rings. The van der Waals surface area contributed by atoms with Crippen LogP contribution in [0, 0.1) is 27.7 Å². The van der Waals surface area contributed by atoms with Gasteiger partial charge in [0.15, 0.2) is 17.4 Å². The van der Waals surface area contributed by atoms with E-state index in [4.69, 9.17) is 49.7 Å². The molecule has 0 saturated carbocycles. The Morgan fingerprint density at radius 3 is 2.26 bits per heavy atom. The van der Waals surface area contributed by atoms with Gasteiger partial charge >= 0.3 is 11.7 Å². The van der Waals surface area contributed by atoms with Crippen molar-refractivity contribution in [3.05, 3.63) is 139 Å². The molecule has 2 unspecified atom stereocenters. The molecule has 0 bridgehead atoms. The fourth-order valence-electron chi connectivity index (χ4n) is 9.73. The Morgan fingerprint density at radius 1 is 0.868 bits per heavy atom. The number of pyridine rings is 2. The van der Waals surface area contributed by atoms with Crippen molar-refractivity contribution < 1.29 is 42.5 Å². The van der Waals surface area contributed by atoms with E-state index < -0.39 is 18.1 Å². The SMILES string of the molecule is COC(=O)CC1N=C(c2ccc(Cl)cc2)c2c(sc(C(=O)CCCOCCOCCOCCCC(=O)Cn3c(=O)n(C(C)c4ccccn4)c4c5cc(OC)c(-c6c(C)coc6C)cc5ncc43)c2C)-n2c(C)nnc21. The minimum Gasteiger partial charge on any atom is -0.496 e. The number of ketones is 2. The van der Waals surface area contributed by atoms with Crippen LogP contribution in [0.5, 0.6) is 5.75 Å². The van der Waals surface area contributed by atoms with Crippen molar-refractivity contribution in [2.75, 3.05) is 53.9 Å². The first-order chi connectivity index (χ1) is 36.8. The molecular weight excluding hydrogens is 1010 g/mol. The van der Waals surface area contributed by atoms with Gasteiger partial charge in [-0.15, -0.1) is 21.5 Å². The number of nitrogens with zero attached hydrogens (tertiary/aromatic N) is 8. The summed E-state index contributed by atoms with van der Waals surface area (Å²) in [4.78, 5) is 69.3. The van der Waals surface area contributed by atoms with Crippen LogP contribution in [0.1, 0.15) is 106 Å². The monoisotopic (exact) mass is 1070 g/mol. The lowest BCUT2D eigenvalue weighted by molar-refractivity contribution is -0.141. The number of furan rings is 1. The van der Waals surface area contributed by atoms with Crippen molar-refractivity contribution in [2.45, 2.75) is 85.4 Å². The molecule has 0 N–H and O–H groups in total. The summed E-state index contributed by atoms with van der Waals surface area (Å²) in [6.07, 6.45) is 6.49. The van der Waals surface area contributed by atoms with Crippen LogP contribution in [-0.4, -0.2) is 111 Å². The molecule has 9 rings (SSSR count). The first-order valence-electron chi connectivity index (χ1n) is 25.1. The van der Waals surface area contributed by atoms with Crippen molar-refractivity contribution in [1.29, 1.82) is 0 Å². The summed E-state index contributed by atoms with van der Waals surface area (Å²) < 4.78 is 39.0. The molecule has 0 amide bonds. The topological polar surface area (TPSA) is 206 Å². The second-order valence-corrected chi connectivity index (χ2v) is 20.0. The smallest absolute Gasteiger partial charge is 0.330 e. The number of carbonyl (C=O) groups excluding carboxylic acids is 3. The molecule has 0 spiro atoms. The van der Waals surface area contributed by atoms with Gasteiger partial charge in [0.1, 0.15) is 28.4 Å². The van der Waals surface area contributed by atoms with Gasteiger partial charge in [-0.2, -0.15) is 0 Å². The molecule has 396 valence electrons. The second-order valence-electron chi connectivity index (χ2n) is 18.5. The van der Waals surface area contributed by atoms with Crippen LogP contribution < -0.4 is 10.4 Å². The number of methoxy groups -OCH3 is 2. The summed E-state index contributed by atoms with van der Waals surface area (Å²) in [7, 11) is 2.95. The molecule has 76 heavy (non-hydrogen) atoms. The second kappa shape index (κ2) is 23.8. The Labute approximate surface area is 447 Å². The Balaban J connectivity index is 0.743. The van der Waals surface area contributed by atoms with Gasteiger partial charge in [0.05, 0.1) is 105 Å². The summed E-state index contributed by atoms with van der Waals surface area (Å²) in [6.45, 7) is 11.5. The van der Waals surface area contributed by atoms with Gasteiger partial charge in [-0.25, -0.2) is 4.79 Å². The van der Waals surface area contributed by atoms with Gasteiger partial charge in [0, 0.05) is 64.9 Å². The van der Waals surface area contributed by atoms with Gasteiger partial charge in [0.25, 0.3) is 0 Å². The molecule has 18 nitrogen and oxygen atoms in total. The fourth-order valence-corrected chi connectivity index (χ4v) is 11.2. The molecule has 0 radical (unpaired) electrons. The molecule has 0 aliphatic carbocycles. The average molecular weight is 1070 g/mol. The highest BCUT2D eigenvalue weighted by Crippen LogP contribution is 2.42. The maximum Gasteiger partial charge on any atom is 0.330 e. The van der Waals surface area contributed by atoms with Gasteiger partial charge in [-0.3, -0.25) is 43.0 Å². The minimum atomic E-state index is -0.665. The van der Waals surface area contributed by atoms with Gasteiger partial charge in [-0.05, 0) is 95.0 Å². The Kier molecular flexibility index (Phi) is 16.8. The highest BCUT2D eigenvalue weighted by Gasteiger charge is 2.34. The van der Waals surface area contributed by atoms with Crippen molar-refractivity contribution in [3.8, 4) is 21.9 Å². The van der Waals surface area contributed by atoms with E-state index in [1.54, 1.807) is 42.5 Å². The molecule has 1 aliphatic heterocycles. The van der Waals surface area contributed by atoms with Crippen molar-refractivity contribution in [2.24, 2.45) is 4.99 Å². The number of thiophene rings is 1. The maximum absolute atomic E-state index is 14.4. The van der Waals surface area contributed by atoms with E-state index in [1.807, 2.05) is 81.7 Å². The zero-order valence-corrected chi connectivity index (χ0v) is 45.1. The first kappa shape index (κ1) is 53.7. The molecular formula is C56H59ClN8O10S. The van der Waals surface area contributed by atoms with Crippen LogP contribution in [0.2, 0.25) is 5.02 Å². The van der Waals surface area contributed by atoms with Gasteiger partial charge in [-0.1, -0.05) is 29.8 Å². The van der Waals surface area contributed by atoms with E-state index in [1.165, 1.54) is 23.0 Å².